The van der Waals surface area contributed by atoms with Crippen molar-refractivity contribution in [2.24, 2.45) is 0 Å². The van der Waals surface area contributed by atoms with Crippen molar-refractivity contribution in [3.63, 3.8) is 0 Å². The highest BCUT2D eigenvalue weighted by Crippen LogP contribution is 2.30. The molecule has 0 bridgehead atoms. The molecule has 0 atom stereocenters. The van der Waals surface area contributed by atoms with Crippen molar-refractivity contribution in [3.8, 4) is 11.5 Å². The largest absolute Gasteiger partial charge is 0.496 e. The zero-order chi connectivity index (χ0) is 14.4. The molecule has 0 saturated heterocycles. The van der Waals surface area contributed by atoms with Gasteiger partial charge in [0.05, 0.1) is 12.1 Å². The van der Waals surface area contributed by atoms with Crippen molar-refractivity contribution in [3.05, 3.63) is 58.6 Å². The van der Waals surface area contributed by atoms with Gasteiger partial charge in [0.25, 0.3) is 0 Å². The van der Waals surface area contributed by atoms with Crippen molar-refractivity contribution >= 4 is 11.6 Å². The molecule has 0 aromatic heterocycles. The molecule has 3 nitrogen and oxygen atoms in total. The first kappa shape index (κ1) is 14.7. The third-order valence-electron chi connectivity index (χ3n) is 2.98. The molecular formula is C16H18ClNO2. The van der Waals surface area contributed by atoms with Crippen LogP contribution in [0.15, 0.2) is 42.5 Å². The van der Waals surface area contributed by atoms with E-state index < -0.39 is 0 Å². The summed E-state index contributed by atoms with van der Waals surface area (Å²) in [7, 11) is 3.55. The Bertz CT molecular complexity index is 572. The molecule has 2 aromatic carbocycles. The third kappa shape index (κ3) is 3.44. The van der Waals surface area contributed by atoms with Crippen LogP contribution in [-0.2, 0) is 13.2 Å². The van der Waals surface area contributed by atoms with E-state index in [1.54, 1.807) is 7.11 Å². The Morgan fingerprint density at radius 2 is 1.80 bits per heavy atom. The summed E-state index contributed by atoms with van der Waals surface area (Å²) in [4.78, 5) is 0. The standard InChI is InChI=1S/C16H18ClNO2/c1-18-10-12-7-5-8-14(17)16(12)20-11-13-6-3-4-9-15(13)19-2/h3-9,18H,10-11H2,1-2H3. The normalized spacial score (nSPS) is 10.3. The summed E-state index contributed by atoms with van der Waals surface area (Å²) in [5.41, 5.74) is 2.03. The monoisotopic (exact) mass is 291 g/mol. The van der Waals surface area contributed by atoms with Gasteiger partial charge in [0.2, 0.25) is 0 Å². The minimum absolute atomic E-state index is 0.421. The zero-order valence-electron chi connectivity index (χ0n) is 11.7. The first-order valence-electron chi connectivity index (χ1n) is 6.43. The molecule has 0 aliphatic carbocycles. The van der Waals surface area contributed by atoms with E-state index in [-0.39, 0.29) is 0 Å². The second kappa shape index (κ2) is 7.17. The molecule has 0 radical (unpaired) electrons. The van der Waals surface area contributed by atoms with Crippen molar-refractivity contribution in [2.75, 3.05) is 14.2 Å². The quantitative estimate of drug-likeness (QED) is 0.881. The lowest BCUT2D eigenvalue weighted by molar-refractivity contribution is 0.293. The van der Waals surface area contributed by atoms with Crippen LogP contribution in [0.5, 0.6) is 11.5 Å². The average molecular weight is 292 g/mol. The maximum atomic E-state index is 6.22. The number of benzene rings is 2. The molecule has 1 N–H and O–H groups in total. The Hall–Kier alpha value is -1.71. The van der Waals surface area contributed by atoms with Crippen LogP contribution in [0.4, 0.5) is 0 Å². The van der Waals surface area contributed by atoms with Crippen LogP contribution in [0.2, 0.25) is 5.02 Å². The van der Waals surface area contributed by atoms with E-state index in [1.165, 1.54) is 0 Å². The maximum absolute atomic E-state index is 6.22. The predicted molar refractivity (Wildman–Crippen MR) is 81.5 cm³/mol. The minimum atomic E-state index is 0.421. The summed E-state index contributed by atoms with van der Waals surface area (Å²) >= 11 is 6.22. The molecule has 0 heterocycles. The number of methoxy groups -OCH3 is 1. The van der Waals surface area contributed by atoms with Crippen LogP contribution in [0.25, 0.3) is 0 Å². The van der Waals surface area contributed by atoms with E-state index in [9.17, 15) is 0 Å². The van der Waals surface area contributed by atoms with Crippen LogP contribution < -0.4 is 14.8 Å². The molecule has 0 fully saturated rings. The molecule has 2 aromatic rings. The van der Waals surface area contributed by atoms with Crippen molar-refractivity contribution in [1.82, 2.24) is 5.32 Å². The summed E-state index contributed by atoms with van der Waals surface area (Å²) in [5, 5.41) is 3.73. The van der Waals surface area contributed by atoms with E-state index in [0.29, 0.717) is 18.2 Å². The van der Waals surface area contributed by atoms with E-state index in [1.807, 2.05) is 49.5 Å². The highest BCUT2D eigenvalue weighted by molar-refractivity contribution is 6.32. The molecule has 0 amide bonds. The molecule has 106 valence electrons. The van der Waals surface area contributed by atoms with E-state index in [0.717, 1.165) is 22.6 Å². The van der Waals surface area contributed by atoms with Crippen molar-refractivity contribution in [1.29, 1.82) is 0 Å². The molecule has 0 saturated carbocycles. The lowest BCUT2D eigenvalue weighted by Crippen LogP contribution is -2.08. The predicted octanol–water partition coefficient (Wildman–Crippen LogP) is 3.65. The van der Waals surface area contributed by atoms with Crippen LogP contribution >= 0.6 is 11.6 Å². The summed E-state index contributed by atoms with van der Waals surface area (Å²) in [6.07, 6.45) is 0. The second-order valence-electron chi connectivity index (χ2n) is 4.36. The fraction of sp³-hybridized carbons (Fsp3) is 0.250. The summed E-state index contributed by atoms with van der Waals surface area (Å²) in [6, 6.07) is 13.5. The Morgan fingerprint density at radius 1 is 1.05 bits per heavy atom. The van der Waals surface area contributed by atoms with Crippen LogP contribution in [-0.4, -0.2) is 14.2 Å². The summed E-state index contributed by atoms with van der Waals surface area (Å²) in [5.74, 6) is 1.53. The van der Waals surface area contributed by atoms with Gasteiger partial charge in [-0.1, -0.05) is 41.9 Å². The fourth-order valence-electron chi connectivity index (χ4n) is 2.02. The smallest absolute Gasteiger partial charge is 0.142 e. The minimum Gasteiger partial charge on any atom is -0.496 e. The molecular weight excluding hydrogens is 274 g/mol. The van der Waals surface area contributed by atoms with Gasteiger partial charge in [-0.2, -0.15) is 0 Å². The SMILES string of the molecule is CNCc1cccc(Cl)c1OCc1ccccc1OC. The van der Waals surface area contributed by atoms with Gasteiger partial charge in [-0.25, -0.2) is 0 Å². The van der Waals surface area contributed by atoms with E-state index in [4.69, 9.17) is 21.1 Å². The Morgan fingerprint density at radius 3 is 2.55 bits per heavy atom. The molecule has 20 heavy (non-hydrogen) atoms. The highest BCUT2D eigenvalue weighted by Gasteiger charge is 2.09. The molecule has 0 unspecified atom stereocenters. The molecule has 0 aliphatic rings. The maximum Gasteiger partial charge on any atom is 0.142 e. The van der Waals surface area contributed by atoms with Crippen molar-refractivity contribution < 1.29 is 9.47 Å². The number of nitrogens with one attached hydrogen (secondary N) is 1. The number of para-hydroxylation sites is 2. The van der Waals surface area contributed by atoms with Gasteiger partial charge in [0.15, 0.2) is 0 Å². The average Bonchev–Trinajstić information content (AvgIpc) is 2.47. The van der Waals surface area contributed by atoms with E-state index in [2.05, 4.69) is 5.32 Å². The lowest BCUT2D eigenvalue weighted by atomic mass is 10.2. The Kier molecular flexibility index (Phi) is 5.27. The first-order chi connectivity index (χ1) is 9.76. The Labute approximate surface area is 124 Å². The number of hydrogen-bond donors (Lipinski definition) is 1. The van der Waals surface area contributed by atoms with Gasteiger partial charge in [0, 0.05) is 17.7 Å². The molecule has 0 spiro atoms. The first-order valence-corrected chi connectivity index (χ1v) is 6.80. The van der Waals surface area contributed by atoms with Gasteiger partial charge in [0.1, 0.15) is 18.1 Å². The molecule has 4 heteroatoms. The zero-order valence-corrected chi connectivity index (χ0v) is 12.4. The van der Waals surface area contributed by atoms with Gasteiger partial charge in [-0.05, 0) is 19.2 Å². The van der Waals surface area contributed by atoms with Crippen molar-refractivity contribution in [2.45, 2.75) is 13.2 Å². The van der Waals surface area contributed by atoms with Gasteiger partial charge >= 0.3 is 0 Å². The lowest BCUT2D eigenvalue weighted by Gasteiger charge is -2.14. The second-order valence-corrected chi connectivity index (χ2v) is 4.77. The van der Waals surface area contributed by atoms with E-state index >= 15 is 0 Å². The number of rotatable bonds is 6. The Balaban J connectivity index is 2.18. The third-order valence-corrected chi connectivity index (χ3v) is 3.28. The topological polar surface area (TPSA) is 30.5 Å². The number of halogens is 1. The van der Waals surface area contributed by atoms with Crippen LogP contribution in [0.3, 0.4) is 0 Å². The fourth-order valence-corrected chi connectivity index (χ4v) is 2.27. The molecule has 2 rings (SSSR count). The highest BCUT2D eigenvalue weighted by atomic mass is 35.5. The van der Waals surface area contributed by atoms with Crippen LogP contribution in [0.1, 0.15) is 11.1 Å². The molecule has 0 aliphatic heterocycles. The summed E-state index contributed by atoms with van der Waals surface area (Å²) in [6.45, 7) is 1.13. The number of hydrogen-bond acceptors (Lipinski definition) is 3. The summed E-state index contributed by atoms with van der Waals surface area (Å²) < 4.78 is 11.2. The van der Waals surface area contributed by atoms with Gasteiger partial charge < -0.3 is 14.8 Å². The number of ether oxygens (including phenoxy) is 2. The van der Waals surface area contributed by atoms with Gasteiger partial charge in [-0.15, -0.1) is 0 Å². The van der Waals surface area contributed by atoms with Crippen LogP contribution in [0, 0.1) is 0 Å². The van der Waals surface area contributed by atoms with Gasteiger partial charge in [-0.3, -0.25) is 0 Å².